The fourth-order valence-electron chi connectivity index (χ4n) is 3.43. The van der Waals surface area contributed by atoms with Crippen molar-refractivity contribution in [3.8, 4) is 0 Å². The smallest absolute Gasteiger partial charge is 0.271 e. The van der Waals surface area contributed by atoms with E-state index in [0.717, 1.165) is 33.1 Å². The molecule has 0 radical (unpaired) electrons. The van der Waals surface area contributed by atoms with Crippen molar-refractivity contribution in [3.05, 3.63) is 77.1 Å². The predicted molar refractivity (Wildman–Crippen MR) is 109 cm³/mol. The average Bonchev–Trinajstić information content (AvgIpc) is 3.02. The molecule has 28 heavy (non-hydrogen) atoms. The molecule has 2 N–H and O–H groups in total. The van der Waals surface area contributed by atoms with Gasteiger partial charge in [-0.1, -0.05) is 29.8 Å². The number of amides is 2. The number of para-hydroxylation sites is 1. The van der Waals surface area contributed by atoms with Gasteiger partial charge in [-0.05, 0) is 38.1 Å². The van der Waals surface area contributed by atoms with Gasteiger partial charge < -0.3 is 4.57 Å². The van der Waals surface area contributed by atoms with Crippen LogP contribution in [0.2, 0.25) is 0 Å². The first-order valence-electron chi connectivity index (χ1n) is 8.97. The third kappa shape index (κ3) is 3.09. The van der Waals surface area contributed by atoms with Crippen LogP contribution in [0.5, 0.6) is 0 Å². The van der Waals surface area contributed by atoms with Gasteiger partial charge in [-0.15, -0.1) is 0 Å². The van der Waals surface area contributed by atoms with Gasteiger partial charge >= 0.3 is 0 Å². The number of fused-ring (bicyclic) bond motifs is 2. The Balaban J connectivity index is 1.60. The lowest BCUT2D eigenvalue weighted by molar-refractivity contribution is 0.0848. The number of carbonyl (C=O) groups is 2. The first-order valence-corrected chi connectivity index (χ1v) is 8.97. The summed E-state index contributed by atoms with van der Waals surface area (Å²) in [5, 5.41) is 1.58. The van der Waals surface area contributed by atoms with Crippen molar-refractivity contribution in [2.75, 3.05) is 0 Å². The van der Waals surface area contributed by atoms with E-state index in [0.29, 0.717) is 11.1 Å². The van der Waals surface area contributed by atoms with E-state index in [2.05, 4.69) is 15.8 Å². The number of aryl methyl sites for hydroxylation is 3. The maximum absolute atomic E-state index is 12.8. The van der Waals surface area contributed by atoms with Gasteiger partial charge in [-0.2, -0.15) is 0 Å². The number of hydrogen-bond acceptors (Lipinski definition) is 3. The molecule has 0 saturated carbocycles. The minimum absolute atomic E-state index is 0.364. The minimum Gasteiger partial charge on any atom is -0.350 e. The number of aromatic nitrogens is 2. The van der Waals surface area contributed by atoms with E-state index in [1.54, 1.807) is 12.3 Å². The summed E-state index contributed by atoms with van der Waals surface area (Å²) in [4.78, 5) is 29.9. The van der Waals surface area contributed by atoms with E-state index < -0.39 is 0 Å². The van der Waals surface area contributed by atoms with Crippen LogP contribution in [-0.4, -0.2) is 21.4 Å². The van der Waals surface area contributed by atoms with Crippen molar-refractivity contribution in [2.45, 2.75) is 13.8 Å². The molecule has 140 valence electrons. The first kappa shape index (κ1) is 17.7. The van der Waals surface area contributed by atoms with Crippen LogP contribution in [0.3, 0.4) is 0 Å². The van der Waals surface area contributed by atoms with Gasteiger partial charge in [0.15, 0.2) is 0 Å². The average molecular weight is 372 g/mol. The molecule has 2 aromatic heterocycles. The van der Waals surface area contributed by atoms with Crippen LogP contribution in [0.25, 0.3) is 21.8 Å². The molecule has 0 atom stereocenters. The van der Waals surface area contributed by atoms with Crippen molar-refractivity contribution in [2.24, 2.45) is 7.05 Å². The summed E-state index contributed by atoms with van der Waals surface area (Å²) in [6.45, 7) is 3.80. The molecule has 0 aliphatic heterocycles. The molecular formula is C22H20N4O2. The Morgan fingerprint density at radius 1 is 0.893 bits per heavy atom. The molecule has 0 bridgehead atoms. The van der Waals surface area contributed by atoms with Crippen LogP contribution in [-0.2, 0) is 7.05 Å². The summed E-state index contributed by atoms with van der Waals surface area (Å²) < 4.78 is 1.88. The van der Waals surface area contributed by atoms with Gasteiger partial charge in [0, 0.05) is 35.2 Å². The van der Waals surface area contributed by atoms with Crippen LogP contribution in [0, 0.1) is 13.8 Å². The SMILES string of the molecule is Cc1ccc2nc(C)cc(C(=O)NNC(=O)c3cn(C)c4ccccc34)c2c1. The predicted octanol–water partition coefficient (Wildman–Crippen LogP) is 3.42. The molecule has 2 aromatic carbocycles. The van der Waals surface area contributed by atoms with Gasteiger partial charge in [-0.3, -0.25) is 25.4 Å². The van der Waals surface area contributed by atoms with E-state index in [-0.39, 0.29) is 11.8 Å². The minimum atomic E-state index is -0.380. The molecule has 0 aliphatic carbocycles. The molecule has 0 aliphatic rings. The van der Waals surface area contributed by atoms with Crippen molar-refractivity contribution in [1.82, 2.24) is 20.4 Å². The third-order valence-electron chi connectivity index (χ3n) is 4.77. The molecule has 4 aromatic rings. The second-order valence-corrected chi connectivity index (χ2v) is 6.91. The molecule has 2 amide bonds. The zero-order valence-electron chi connectivity index (χ0n) is 15.9. The molecular weight excluding hydrogens is 352 g/mol. The number of rotatable bonds is 2. The van der Waals surface area contributed by atoms with Crippen molar-refractivity contribution < 1.29 is 9.59 Å². The van der Waals surface area contributed by atoms with Crippen molar-refractivity contribution in [1.29, 1.82) is 0 Å². The highest BCUT2D eigenvalue weighted by Crippen LogP contribution is 2.21. The Morgan fingerprint density at radius 3 is 2.39 bits per heavy atom. The molecule has 0 spiro atoms. The fraction of sp³-hybridized carbons (Fsp3) is 0.136. The highest BCUT2D eigenvalue weighted by Gasteiger charge is 2.16. The maximum Gasteiger partial charge on any atom is 0.271 e. The van der Waals surface area contributed by atoms with Gasteiger partial charge in [-0.25, -0.2) is 0 Å². The normalized spacial score (nSPS) is 11.0. The van der Waals surface area contributed by atoms with Crippen LogP contribution in [0.15, 0.2) is 54.7 Å². The lowest BCUT2D eigenvalue weighted by Crippen LogP contribution is -2.41. The summed E-state index contributed by atoms with van der Waals surface area (Å²) in [5.74, 6) is -0.744. The van der Waals surface area contributed by atoms with Gasteiger partial charge in [0.1, 0.15) is 0 Å². The zero-order chi connectivity index (χ0) is 19.8. The molecule has 2 heterocycles. The van der Waals surface area contributed by atoms with E-state index in [1.165, 1.54) is 0 Å². The van der Waals surface area contributed by atoms with Gasteiger partial charge in [0.2, 0.25) is 0 Å². The van der Waals surface area contributed by atoms with Crippen LogP contribution in [0.1, 0.15) is 32.0 Å². The number of hydrogen-bond donors (Lipinski definition) is 2. The summed E-state index contributed by atoms with van der Waals surface area (Å²) in [5.41, 5.74) is 9.51. The molecule has 6 heteroatoms. The van der Waals surface area contributed by atoms with E-state index >= 15 is 0 Å². The Morgan fingerprint density at radius 2 is 1.61 bits per heavy atom. The van der Waals surface area contributed by atoms with Crippen LogP contribution < -0.4 is 10.9 Å². The number of carbonyl (C=O) groups excluding carboxylic acids is 2. The number of nitrogens with one attached hydrogen (secondary N) is 2. The van der Waals surface area contributed by atoms with Crippen molar-refractivity contribution in [3.63, 3.8) is 0 Å². The topological polar surface area (TPSA) is 76.0 Å². The number of hydrazine groups is 1. The van der Waals surface area contributed by atoms with E-state index in [9.17, 15) is 9.59 Å². The van der Waals surface area contributed by atoms with Gasteiger partial charge in [0.25, 0.3) is 11.8 Å². The quantitative estimate of drug-likeness (QED) is 0.530. The highest BCUT2D eigenvalue weighted by molar-refractivity contribution is 6.10. The second-order valence-electron chi connectivity index (χ2n) is 6.91. The number of pyridine rings is 1. The summed E-state index contributed by atoms with van der Waals surface area (Å²) in [7, 11) is 1.88. The molecule has 0 unspecified atom stereocenters. The van der Waals surface area contributed by atoms with Crippen LogP contribution in [0.4, 0.5) is 0 Å². The summed E-state index contributed by atoms with van der Waals surface area (Å²) in [6.07, 6.45) is 1.75. The summed E-state index contributed by atoms with van der Waals surface area (Å²) >= 11 is 0. The van der Waals surface area contributed by atoms with Crippen molar-refractivity contribution >= 4 is 33.6 Å². The monoisotopic (exact) mass is 372 g/mol. The lowest BCUT2D eigenvalue weighted by atomic mass is 10.0. The lowest BCUT2D eigenvalue weighted by Gasteiger charge is -2.10. The fourth-order valence-corrected chi connectivity index (χ4v) is 3.43. The largest absolute Gasteiger partial charge is 0.350 e. The Kier molecular flexibility index (Phi) is 4.31. The Bertz CT molecular complexity index is 1240. The Labute approximate surface area is 162 Å². The molecule has 0 fully saturated rings. The summed E-state index contributed by atoms with van der Waals surface area (Å²) in [6, 6.07) is 15.1. The molecule has 6 nitrogen and oxygen atoms in total. The van der Waals surface area contributed by atoms with E-state index in [1.807, 2.05) is 67.9 Å². The van der Waals surface area contributed by atoms with Gasteiger partial charge in [0.05, 0.1) is 16.6 Å². The highest BCUT2D eigenvalue weighted by atomic mass is 16.2. The maximum atomic E-state index is 12.8. The number of benzene rings is 2. The molecule has 4 rings (SSSR count). The standard InChI is InChI=1S/C22H20N4O2/c1-13-8-9-19-16(10-13)17(11-14(2)23-19)21(27)24-25-22(28)18-12-26(3)20-7-5-4-6-15(18)20/h4-12H,1-3H3,(H,24,27)(H,25,28). The second kappa shape index (κ2) is 6.81. The molecule has 0 saturated heterocycles. The zero-order valence-corrected chi connectivity index (χ0v) is 15.9. The van der Waals surface area contributed by atoms with E-state index in [4.69, 9.17) is 0 Å². The van der Waals surface area contributed by atoms with Crippen LogP contribution >= 0.6 is 0 Å². The third-order valence-corrected chi connectivity index (χ3v) is 4.77. The number of nitrogens with zero attached hydrogens (tertiary/aromatic N) is 2. The first-order chi connectivity index (χ1) is 13.4. The Hall–Kier alpha value is -3.67.